The lowest BCUT2D eigenvalue weighted by Gasteiger charge is -2.32. The Labute approximate surface area is 187 Å². The molecule has 0 aliphatic carbocycles. The normalized spacial score (nSPS) is 19.6. The van der Waals surface area contributed by atoms with Crippen LogP contribution in [0.5, 0.6) is 0 Å². The van der Waals surface area contributed by atoms with Crippen LogP contribution in [0.2, 0.25) is 0 Å². The Morgan fingerprint density at radius 3 is 2.61 bits per heavy atom. The number of amides is 1. The number of allylic oxidation sites excluding steroid dienone is 1. The second-order valence-electron chi connectivity index (χ2n) is 8.52. The van der Waals surface area contributed by atoms with Crippen molar-refractivity contribution in [2.45, 2.75) is 103 Å². The Bertz CT molecular complexity index is 688. The van der Waals surface area contributed by atoms with E-state index in [9.17, 15) is 14.7 Å². The van der Waals surface area contributed by atoms with Crippen molar-refractivity contribution in [1.29, 1.82) is 0 Å². The summed E-state index contributed by atoms with van der Waals surface area (Å²) in [5.74, 6) is 0.117. The fraction of sp³-hybridized carbons (Fsp3) is 0.615. The molecule has 0 unspecified atom stereocenters. The fourth-order valence-electron chi connectivity index (χ4n) is 4.26. The van der Waals surface area contributed by atoms with Gasteiger partial charge in [-0.05, 0) is 43.7 Å². The maximum Gasteiger partial charge on any atom is 0.410 e. The SMILES string of the molecule is CCCCCC[C@H](O)[C@@H]1CC[C@H](C/C=C/C(=O)CCC)N1C(=O)OCc1ccccc1. The summed E-state index contributed by atoms with van der Waals surface area (Å²) in [6, 6.07) is 9.34. The number of nitrogens with zero attached hydrogens (tertiary/aromatic N) is 1. The lowest BCUT2D eigenvalue weighted by atomic mass is 10.0. The molecule has 172 valence electrons. The van der Waals surface area contributed by atoms with Gasteiger partial charge in [0.05, 0.1) is 12.1 Å². The number of ketones is 1. The third-order valence-corrected chi connectivity index (χ3v) is 5.97. The van der Waals surface area contributed by atoms with E-state index in [2.05, 4.69) is 6.92 Å². The number of likely N-dealkylation sites (tertiary alicyclic amines) is 1. The second kappa shape index (κ2) is 14.0. The Hall–Kier alpha value is -2.14. The highest BCUT2D eigenvalue weighted by atomic mass is 16.6. The van der Waals surface area contributed by atoms with E-state index in [4.69, 9.17) is 4.74 Å². The van der Waals surface area contributed by atoms with Crippen molar-refractivity contribution in [3.8, 4) is 0 Å². The van der Waals surface area contributed by atoms with Gasteiger partial charge in [0.2, 0.25) is 0 Å². The average molecular weight is 430 g/mol. The van der Waals surface area contributed by atoms with Crippen molar-refractivity contribution in [2.24, 2.45) is 0 Å². The number of unbranched alkanes of at least 4 members (excludes halogenated alkanes) is 3. The summed E-state index contributed by atoms with van der Waals surface area (Å²) in [5.41, 5.74) is 0.938. The number of aliphatic hydroxyl groups excluding tert-OH is 1. The lowest BCUT2D eigenvalue weighted by Crippen LogP contribution is -2.46. The molecule has 5 heteroatoms. The van der Waals surface area contributed by atoms with Crippen LogP contribution in [0.4, 0.5) is 4.79 Å². The highest BCUT2D eigenvalue weighted by Gasteiger charge is 2.40. The minimum Gasteiger partial charge on any atom is -0.445 e. The Morgan fingerprint density at radius 1 is 1.13 bits per heavy atom. The first kappa shape index (κ1) is 25.1. The quantitative estimate of drug-likeness (QED) is 0.318. The van der Waals surface area contributed by atoms with Gasteiger partial charge in [-0.15, -0.1) is 0 Å². The first-order chi connectivity index (χ1) is 15.1. The monoisotopic (exact) mass is 429 g/mol. The van der Waals surface area contributed by atoms with Gasteiger partial charge < -0.3 is 9.84 Å². The van der Waals surface area contributed by atoms with Gasteiger partial charge in [-0.3, -0.25) is 9.69 Å². The van der Waals surface area contributed by atoms with Gasteiger partial charge in [0, 0.05) is 12.5 Å². The molecule has 1 aliphatic rings. The van der Waals surface area contributed by atoms with Crippen molar-refractivity contribution in [2.75, 3.05) is 0 Å². The summed E-state index contributed by atoms with van der Waals surface area (Å²) in [5, 5.41) is 10.8. The van der Waals surface area contributed by atoms with Crippen LogP contribution in [-0.4, -0.2) is 40.1 Å². The molecule has 1 N–H and O–H groups in total. The van der Waals surface area contributed by atoms with Gasteiger partial charge in [-0.25, -0.2) is 4.79 Å². The van der Waals surface area contributed by atoms with Crippen LogP contribution in [0.25, 0.3) is 0 Å². The summed E-state index contributed by atoms with van der Waals surface area (Å²) in [6.45, 7) is 4.37. The van der Waals surface area contributed by atoms with Crippen LogP contribution < -0.4 is 0 Å². The van der Waals surface area contributed by atoms with Crippen LogP contribution in [0.1, 0.15) is 83.6 Å². The number of carbonyl (C=O) groups is 2. The highest BCUT2D eigenvalue weighted by molar-refractivity contribution is 5.89. The molecule has 1 amide bonds. The van der Waals surface area contributed by atoms with E-state index >= 15 is 0 Å². The number of carbonyl (C=O) groups excluding carboxylic acids is 2. The van der Waals surface area contributed by atoms with Gasteiger partial charge in [0.25, 0.3) is 0 Å². The molecular formula is C26H39NO4. The third-order valence-electron chi connectivity index (χ3n) is 5.97. The molecule has 1 fully saturated rings. The van der Waals surface area contributed by atoms with Crippen molar-refractivity contribution < 1.29 is 19.4 Å². The first-order valence-corrected chi connectivity index (χ1v) is 11.9. The lowest BCUT2D eigenvalue weighted by molar-refractivity contribution is -0.114. The number of hydrogen-bond acceptors (Lipinski definition) is 4. The van der Waals surface area contributed by atoms with Crippen molar-refractivity contribution in [3.63, 3.8) is 0 Å². The molecule has 2 rings (SSSR count). The zero-order chi connectivity index (χ0) is 22.5. The van der Waals surface area contributed by atoms with Crippen LogP contribution in [0, 0.1) is 0 Å². The number of ether oxygens (including phenoxy) is 1. The third kappa shape index (κ3) is 8.48. The molecule has 31 heavy (non-hydrogen) atoms. The maximum atomic E-state index is 13.0. The van der Waals surface area contributed by atoms with E-state index in [1.54, 1.807) is 11.0 Å². The zero-order valence-electron chi connectivity index (χ0n) is 19.2. The molecule has 0 aromatic heterocycles. The van der Waals surface area contributed by atoms with E-state index in [0.29, 0.717) is 19.3 Å². The van der Waals surface area contributed by atoms with Crippen LogP contribution in [-0.2, 0) is 16.1 Å². The van der Waals surface area contributed by atoms with E-state index < -0.39 is 6.10 Å². The molecule has 0 radical (unpaired) electrons. The molecule has 3 atom stereocenters. The van der Waals surface area contributed by atoms with Gasteiger partial charge in [0.1, 0.15) is 6.61 Å². The van der Waals surface area contributed by atoms with Crippen molar-refractivity contribution in [3.05, 3.63) is 48.0 Å². The molecular weight excluding hydrogens is 390 g/mol. The fourth-order valence-corrected chi connectivity index (χ4v) is 4.26. The standard InChI is InChI=1S/C26H39NO4/c1-3-5-6-10-17-25(29)24-19-18-22(15-11-16-23(28)12-4-2)27(24)26(30)31-20-21-13-8-7-9-14-21/h7-9,11,13-14,16,22,24-25,29H,3-6,10,12,15,17-20H2,1-2H3/b16-11+/t22-,24-,25-/m0/s1. The van der Waals surface area contributed by atoms with Gasteiger partial charge >= 0.3 is 6.09 Å². The van der Waals surface area contributed by atoms with Crippen LogP contribution in [0.3, 0.4) is 0 Å². The molecule has 1 aromatic carbocycles. The summed E-state index contributed by atoms with van der Waals surface area (Å²) in [4.78, 5) is 26.6. The minimum absolute atomic E-state index is 0.0516. The maximum absolute atomic E-state index is 13.0. The molecule has 1 saturated heterocycles. The number of hydrogen-bond donors (Lipinski definition) is 1. The first-order valence-electron chi connectivity index (χ1n) is 11.9. The topological polar surface area (TPSA) is 66.8 Å². The molecule has 5 nitrogen and oxygen atoms in total. The van der Waals surface area contributed by atoms with Crippen molar-refractivity contribution >= 4 is 11.9 Å². The molecule has 1 aromatic rings. The smallest absolute Gasteiger partial charge is 0.410 e. The Morgan fingerprint density at radius 2 is 1.90 bits per heavy atom. The van der Waals surface area contributed by atoms with E-state index in [0.717, 1.165) is 44.1 Å². The number of aliphatic hydroxyl groups is 1. The van der Waals surface area contributed by atoms with Crippen LogP contribution in [0.15, 0.2) is 42.5 Å². The summed E-state index contributed by atoms with van der Waals surface area (Å²) in [6.07, 6.45) is 11.2. The minimum atomic E-state index is -0.545. The van der Waals surface area contributed by atoms with Gasteiger partial charge in [0.15, 0.2) is 5.78 Å². The van der Waals surface area contributed by atoms with Crippen LogP contribution >= 0.6 is 0 Å². The molecule has 0 saturated carbocycles. The van der Waals surface area contributed by atoms with E-state index in [1.165, 1.54) is 6.42 Å². The second-order valence-corrected chi connectivity index (χ2v) is 8.52. The summed E-state index contributed by atoms with van der Waals surface area (Å²) < 4.78 is 5.62. The Balaban J connectivity index is 2.01. The van der Waals surface area contributed by atoms with Gasteiger partial charge in [-0.2, -0.15) is 0 Å². The van der Waals surface area contributed by atoms with Gasteiger partial charge in [-0.1, -0.05) is 75.9 Å². The predicted octanol–water partition coefficient (Wildman–Crippen LogP) is 5.80. The Kier molecular flexibility index (Phi) is 11.4. The van der Waals surface area contributed by atoms with Crippen molar-refractivity contribution in [1.82, 2.24) is 4.90 Å². The van der Waals surface area contributed by atoms with E-state index in [-0.39, 0.29) is 30.6 Å². The summed E-state index contributed by atoms with van der Waals surface area (Å²) in [7, 11) is 0. The number of rotatable bonds is 13. The molecule has 0 spiro atoms. The highest BCUT2D eigenvalue weighted by Crippen LogP contribution is 2.31. The number of benzene rings is 1. The largest absolute Gasteiger partial charge is 0.445 e. The molecule has 0 bridgehead atoms. The molecule has 1 heterocycles. The van der Waals surface area contributed by atoms with E-state index in [1.807, 2.05) is 43.3 Å². The summed E-state index contributed by atoms with van der Waals surface area (Å²) >= 11 is 0. The average Bonchev–Trinajstić information content (AvgIpc) is 3.20. The predicted molar refractivity (Wildman–Crippen MR) is 124 cm³/mol. The molecule has 1 aliphatic heterocycles. The zero-order valence-corrected chi connectivity index (χ0v) is 19.2.